The number of carbonyl (C=O) groups excluding carboxylic acids is 1. The van der Waals surface area contributed by atoms with Gasteiger partial charge >= 0.3 is 0 Å². The number of ether oxygens (including phenoxy) is 1. The lowest BCUT2D eigenvalue weighted by Gasteiger charge is -2.11. The van der Waals surface area contributed by atoms with Crippen molar-refractivity contribution in [2.24, 2.45) is 5.92 Å². The van der Waals surface area contributed by atoms with Crippen LogP contribution in [0.25, 0.3) is 0 Å². The molecular weight excluding hydrogens is 254 g/mol. The van der Waals surface area contributed by atoms with Crippen LogP contribution in [0.3, 0.4) is 0 Å². The molecule has 0 aliphatic carbocycles. The van der Waals surface area contributed by atoms with Gasteiger partial charge in [-0.3, -0.25) is 9.78 Å². The molecule has 1 aromatic rings. The molecule has 0 radical (unpaired) electrons. The zero-order chi connectivity index (χ0) is 14.8. The zero-order valence-electron chi connectivity index (χ0n) is 12.6. The Balaban J connectivity index is 2.32. The van der Waals surface area contributed by atoms with Crippen molar-refractivity contribution in [2.45, 2.75) is 27.2 Å². The van der Waals surface area contributed by atoms with E-state index in [0.29, 0.717) is 24.6 Å². The molecule has 0 aromatic carbocycles. The summed E-state index contributed by atoms with van der Waals surface area (Å²) in [6.07, 6.45) is 4.12. The highest BCUT2D eigenvalue weighted by molar-refractivity contribution is 5.99. The van der Waals surface area contributed by atoms with Crippen LogP contribution >= 0.6 is 0 Å². The van der Waals surface area contributed by atoms with Gasteiger partial charge in [0.25, 0.3) is 5.91 Å². The number of nitrogens with zero attached hydrogens (tertiary/aromatic N) is 1. The van der Waals surface area contributed by atoms with E-state index in [2.05, 4.69) is 29.5 Å². The maximum Gasteiger partial charge on any atom is 0.253 e. The maximum absolute atomic E-state index is 12.1. The van der Waals surface area contributed by atoms with Crippen LogP contribution in [0, 0.1) is 5.92 Å². The third kappa shape index (κ3) is 6.02. The Kier molecular flexibility index (Phi) is 7.65. The molecule has 0 saturated carbocycles. The molecule has 0 aliphatic rings. The van der Waals surface area contributed by atoms with Crippen molar-refractivity contribution in [1.82, 2.24) is 10.3 Å². The number of rotatable bonds is 9. The smallest absolute Gasteiger partial charge is 0.253 e. The number of carbonyl (C=O) groups is 1. The standard InChI is InChI=1S/C15H25N3O2/c1-4-17-14-10-16-8-6-13(14)15(19)18-7-5-9-20-11-12(2)3/h6,8,10,12,17H,4-5,7,9,11H2,1-3H3,(H,18,19). The molecule has 1 aromatic heterocycles. The van der Waals surface area contributed by atoms with Gasteiger partial charge in [0.15, 0.2) is 0 Å². The SMILES string of the molecule is CCNc1cnccc1C(=O)NCCCOCC(C)C. The van der Waals surface area contributed by atoms with Crippen LogP contribution in [0.2, 0.25) is 0 Å². The quantitative estimate of drug-likeness (QED) is 0.681. The summed E-state index contributed by atoms with van der Waals surface area (Å²) in [7, 11) is 0. The Hall–Kier alpha value is -1.62. The lowest BCUT2D eigenvalue weighted by Crippen LogP contribution is -2.26. The summed E-state index contributed by atoms with van der Waals surface area (Å²) in [5, 5.41) is 6.03. The minimum Gasteiger partial charge on any atom is -0.383 e. The van der Waals surface area contributed by atoms with Crippen LogP contribution in [0.5, 0.6) is 0 Å². The van der Waals surface area contributed by atoms with E-state index >= 15 is 0 Å². The van der Waals surface area contributed by atoms with E-state index in [-0.39, 0.29) is 5.91 Å². The van der Waals surface area contributed by atoms with Gasteiger partial charge in [-0.15, -0.1) is 0 Å². The predicted molar refractivity (Wildman–Crippen MR) is 81.0 cm³/mol. The molecule has 0 saturated heterocycles. The molecule has 112 valence electrons. The number of aromatic nitrogens is 1. The lowest BCUT2D eigenvalue weighted by atomic mass is 10.2. The van der Waals surface area contributed by atoms with Crippen molar-refractivity contribution in [2.75, 3.05) is 31.6 Å². The molecule has 0 spiro atoms. The van der Waals surface area contributed by atoms with E-state index in [1.54, 1.807) is 18.5 Å². The van der Waals surface area contributed by atoms with E-state index in [4.69, 9.17) is 4.74 Å². The highest BCUT2D eigenvalue weighted by Crippen LogP contribution is 2.12. The summed E-state index contributed by atoms with van der Waals surface area (Å²) >= 11 is 0. The molecule has 0 fully saturated rings. The fourth-order valence-electron chi connectivity index (χ4n) is 1.71. The molecule has 1 heterocycles. The van der Waals surface area contributed by atoms with E-state index in [9.17, 15) is 4.79 Å². The monoisotopic (exact) mass is 279 g/mol. The van der Waals surface area contributed by atoms with Gasteiger partial charge in [0, 0.05) is 32.5 Å². The van der Waals surface area contributed by atoms with Gasteiger partial charge in [-0.1, -0.05) is 13.8 Å². The third-order valence-electron chi connectivity index (χ3n) is 2.64. The molecule has 20 heavy (non-hydrogen) atoms. The summed E-state index contributed by atoms with van der Waals surface area (Å²) in [4.78, 5) is 16.1. The molecule has 1 rings (SSSR count). The van der Waals surface area contributed by atoms with Gasteiger partial charge in [0.2, 0.25) is 0 Å². The minimum atomic E-state index is -0.0767. The Labute approximate surface area is 121 Å². The normalized spacial score (nSPS) is 10.6. The molecule has 1 amide bonds. The van der Waals surface area contributed by atoms with Crippen molar-refractivity contribution >= 4 is 11.6 Å². The lowest BCUT2D eigenvalue weighted by molar-refractivity contribution is 0.0925. The first kappa shape index (κ1) is 16.4. The van der Waals surface area contributed by atoms with E-state index in [1.165, 1.54) is 0 Å². The first-order chi connectivity index (χ1) is 9.65. The summed E-state index contributed by atoms with van der Waals surface area (Å²) in [6, 6.07) is 1.72. The molecular formula is C15H25N3O2. The van der Waals surface area contributed by atoms with Crippen molar-refractivity contribution in [3.63, 3.8) is 0 Å². The highest BCUT2D eigenvalue weighted by Gasteiger charge is 2.09. The van der Waals surface area contributed by atoms with Crippen LogP contribution in [-0.2, 0) is 4.74 Å². The molecule has 0 bridgehead atoms. The fourth-order valence-corrected chi connectivity index (χ4v) is 1.71. The first-order valence-electron chi connectivity index (χ1n) is 7.19. The Morgan fingerprint density at radius 1 is 1.45 bits per heavy atom. The number of anilines is 1. The molecule has 0 aliphatic heterocycles. The second-order valence-corrected chi connectivity index (χ2v) is 5.03. The number of hydrogen-bond acceptors (Lipinski definition) is 4. The molecule has 2 N–H and O–H groups in total. The number of nitrogens with one attached hydrogen (secondary N) is 2. The van der Waals surface area contributed by atoms with Gasteiger partial charge in [-0.05, 0) is 25.3 Å². The molecule has 5 heteroatoms. The Bertz CT molecular complexity index is 408. The minimum absolute atomic E-state index is 0.0767. The Morgan fingerprint density at radius 3 is 2.95 bits per heavy atom. The number of pyridine rings is 1. The average Bonchev–Trinajstić information content (AvgIpc) is 2.43. The van der Waals surface area contributed by atoms with Crippen LogP contribution in [0.15, 0.2) is 18.5 Å². The highest BCUT2D eigenvalue weighted by atomic mass is 16.5. The predicted octanol–water partition coefficient (Wildman–Crippen LogP) is 2.31. The second kappa shape index (κ2) is 9.31. The van der Waals surface area contributed by atoms with Crippen LogP contribution in [0.1, 0.15) is 37.6 Å². The number of hydrogen-bond donors (Lipinski definition) is 2. The van der Waals surface area contributed by atoms with Gasteiger partial charge in [0.05, 0.1) is 17.4 Å². The van der Waals surface area contributed by atoms with Crippen molar-refractivity contribution in [3.05, 3.63) is 24.0 Å². The van der Waals surface area contributed by atoms with E-state index in [1.807, 2.05) is 6.92 Å². The van der Waals surface area contributed by atoms with Crippen molar-refractivity contribution in [1.29, 1.82) is 0 Å². The topological polar surface area (TPSA) is 63.2 Å². The summed E-state index contributed by atoms with van der Waals surface area (Å²) in [6.45, 7) is 9.04. The van der Waals surface area contributed by atoms with E-state index < -0.39 is 0 Å². The summed E-state index contributed by atoms with van der Waals surface area (Å²) in [5.74, 6) is 0.469. The number of amides is 1. The molecule has 5 nitrogen and oxygen atoms in total. The van der Waals surface area contributed by atoms with Crippen LogP contribution in [0.4, 0.5) is 5.69 Å². The van der Waals surface area contributed by atoms with Gasteiger partial charge in [-0.2, -0.15) is 0 Å². The van der Waals surface area contributed by atoms with Gasteiger partial charge in [0.1, 0.15) is 0 Å². The largest absolute Gasteiger partial charge is 0.383 e. The van der Waals surface area contributed by atoms with Gasteiger partial charge < -0.3 is 15.4 Å². The van der Waals surface area contributed by atoms with Crippen LogP contribution in [-0.4, -0.2) is 37.2 Å². The first-order valence-corrected chi connectivity index (χ1v) is 7.19. The van der Waals surface area contributed by atoms with Crippen molar-refractivity contribution in [3.8, 4) is 0 Å². The summed E-state index contributed by atoms with van der Waals surface area (Å²) in [5.41, 5.74) is 1.40. The second-order valence-electron chi connectivity index (χ2n) is 5.03. The Morgan fingerprint density at radius 2 is 2.25 bits per heavy atom. The van der Waals surface area contributed by atoms with Crippen molar-refractivity contribution < 1.29 is 9.53 Å². The van der Waals surface area contributed by atoms with Gasteiger partial charge in [-0.25, -0.2) is 0 Å². The zero-order valence-corrected chi connectivity index (χ0v) is 12.6. The molecule has 0 atom stereocenters. The fraction of sp³-hybridized carbons (Fsp3) is 0.600. The van der Waals surface area contributed by atoms with E-state index in [0.717, 1.165) is 25.3 Å². The molecule has 0 unspecified atom stereocenters. The third-order valence-corrected chi connectivity index (χ3v) is 2.64. The maximum atomic E-state index is 12.1. The summed E-state index contributed by atoms with van der Waals surface area (Å²) < 4.78 is 5.47. The van der Waals surface area contributed by atoms with Crippen LogP contribution < -0.4 is 10.6 Å². The average molecular weight is 279 g/mol.